The van der Waals surface area contributed by atoms with Crippen LogP contribution in [0.5, 0.6) is 0 Å². The maximum absolute atomic E-state index is 11.6. The topological polar surface area (TPSA) is 75.3 Å². The van der Waals surface area contributed by atoms with Gasteiger partial charge in [0.05, 0.1) is 17.5 Å². The Bertz CT molecular complexity index is 376. The van der Waals surface area contributed by atoms with Crippen LogP contribution in [0.3, 0.4) is 0 Å². The van der Waals surface area contributed by atoms with E-state index in [4.69, 9.17) is 0 Å². The molecule has 2 rings (SSSR count). The van der Waals surface area contributed by atoms with Gasteiger partial charge in [-0.2, -0.15) is 0 Å². The molecule has 0 bridgehead atoms. The zero-order valence-corrected chi connectivity index (χ0v) is 10.2. The molecule has 0 radical (unpaired) electrons. The second-order valence-corrected chi connectivity index (χ2v) is 7.00. The van der Waals surface area contributed by atoms with Crippen molar-refractivity contribution >= 4 is 15.7 Å². The van der Waals surface area contributed by atoms with E-state index in [1.165, 1.54) is 0 Å². The number of hydrogen-bond donors (Lipinski definition) is 2. The molecule has 2 atom stereocenters. The fourth-order valence-electron chi connectivity index (χ4n) is 1.91. The van der Waals surface area contributed by atoms with E-state index in [9.17, 15) is 13.2 Å². The minimum atomic E-state index is -2.87. The number of nitrogens with one attached hydrogen (secondary N) is 2. The SMILES string of the molecule is CC(NC1CCS(=O)(=O)C1)C(=O)NC1CC1. The highest BCUT2D eigenvalue weighted by atomic mass is 32.2. The summed E-state index contributed by atoms with van der Waals surface area (Å²) in [6.45, 7) is 1.78. The van der Waals surface area contributed by atoms with Gasteiger partial charge in [0.1, 0.15) is 0 Å². The molecule has 6 heteroatoms. The van der Waals surface area contributed by atoms with Gasteiger partial charge in [-0.3, -0.25) is 4.79 Å². The Hall–Kier alpha value is -0.620. The number of amides is 1. The van der Waals surface area contributed by atoms with Crippen LogP contribution in [0.25, 0.3) is 0 Å². The van der Waals surface area contributed by atoms with Gasteiger partial charge in [0.25, 0.3) is 0 Å². The van der Waals surface area contributed by atoms with E-state index in [-0.39, 0.29) is 29.5 Å². The first-order valence-electron chi connectivity index (χ1n) is 5.73. The van der Waals surface area contributed by atoms with Gasteiger partial charge in [-0.05, 0) is 26.2 Å². The van der Waals surface area contributed by atoms with Gasteiger partial charge in [0, 0.05) is 12.1 Å². The molecular weight excluding hydrogens is 228 g/mol. The summed E-state index contributed by atoms with van der Waals surface area (Å²) in [6.07, 6.45) is 2.75. The second kappa shape index (κ2) is 4.33. The van der Waals surface area contributed by atoms with Crippen molar-refractivity contribution in [1.82, 2.24) is 10.6 Å². The van der Waals surface area contributed by atoms with Crippen LogP contribution in [0.1, 0.15) is 26.2 Å². The zero-order chi connectivity index (χ0) is 11.8. The van der Waals surface area contributed by atoms with Crippen LogP contribution in [0.15, 0.2) is 0 Å². The summed E-state index contributed by atoms with van der Waals surface area (Å²) < 4.78 is 22.5. The summed E-state index contributed by atoms with van der Waals surface area (Å²) in [4.78, 5) is 11.6. The maximum Gasteiger partial charge on any atom is 0.237 e. The van der Waals surface area contributed by atoms with E-state index in [0.29, 0.717) is 12.5 Å². The van der Waals surface area contributed by atoms with E-state index in [1.807, 2.05) is 0 Å². The van der Waals surface area contributed by atoms with E-state index in [0.717, 1.165) is 12.8 Å². The number of carbonyl (C=O) groups is 1. The molecule has 1 saturated heterocycles. The lowest BCUT2D eigenvalue weighted by atomic mass is 10.2. The van der Waals surface area contributed by atoms with Crippen molar-refractivity contribution in [2.24, 2.45) is 0 Å². The quantitative estimate of drug-likeness (QED) is 0.696. The molecular formula is C10H18N2O3S. The Kier molecular flexibility index (Phi) is 3.21. The van der Waals surface area contributed by atoms with Gasteiger partial charge in [0.15, 0.2) is 9.84 Å². The third-order valence-corrected chi connectivity index (χ3v) is 4.80. The first-order chi connectivity index (χ1) is 7.46. The van der Waals surface area contributed by atoms with Crippen LogP contribution in [-0.4, -0.2) is 44.0 Å². The minimum Gasteiger partial charge on any atom is -0.352 e. The molecule has 2 fully saturated rings. The summed E-state index contributed by atoms with van der Waals surface area (Å²) in [5.74, 6) is 0.377. The van der Waals surface area contributed by atoms with Crippen molar-refractivity contribution < 1.29 is 13.2 Å². The fraction of sp³-hybridized carbons (Fsp3) is 0.900. The monoisotopic (exact) mass is 246 g/mol. The molecule has 0 aromatic carbocycles. The molecule has 2 aliphatic rings. The highest BCUT2D eigenvalue weighted by Crippen LogP contribution is 2.18. The van der Waals surface area contributed by atoms with Crippen molar-refractivity contribution in [3.8, 4) is 0 Å². The smallest absolute Gasteiger partial charge is 0.237 e. The van der Waals surface area contributed by atoms with Crippen LogP contribution >= 0.6 is 0 Å². The Morgan fingerprint density at radius 2 is 1.94 bits per heavy atom. The molecule has 1 aliphatic carbocycles. The molecule has 1 aliphatic heterocycles. The van der Waals surface area contributed by atoms with Gasteiger partial charge >= 0.3 is 0 Å². The third-order valence-electron chi connectivity index (χ3n) is 3.04. The summed E-state index contributed by atoms with van der Waals surface area (Å²) in [5, 5.41) is 5.97. The number of rotatable bonds is 4. The van der Waals surface area contributed by atoms with Gasteiger partial charge in [0.2, 0.25) is 5.91 Å². The molecule has 16 heavy (non-hydrogen) atoms. The summed E-state index contributed by atoms with van der Waals surface area (Å²) >= 11 is 0. The summed E-state index contributed by atoms with van der Waals surface area (Å²) in [6, 6.07) is -0.0205. The average Bonchev–Trinajstić information content (AvgIpc) is 2.92. The van der Waals surface area contributed by atoms with E-state index in [1.54, 1.807) is 6.92 Å². The number of carbonyl (C=O) groups excluding carboxylic acids is 1. The first-order valence-corrected chi connectivity index (χ1v) is 7.55. The van der Waals surface area contributed by atoms with E-state index < -0.39 is 9.84 Å². The first kappa shape index (κ1) is 11.9. The molecule has 1 heterocycles. The Morgan fingerprint density at radius 1 is 1.25 bits per heavy atom. The standard InChI is InChI=1S/C10H18N2O3S/c1-7(10(13)12-8-2-3-8)11-9-4-5-16(14,15)6-9/h7-9,11H,2-6H2,1H3,(H,12,13). The molecule has 5 nitrogen and oxygen atoms in total. The van der Waals surface area contributed by atoms with Crippen molar-refractivity contribution in [1.29, 1.82) is 0 Å². The zero-order valence-electron chi connectivity index (χ0n) is 9.40. The highest BCUT2D eigenvalue weighted by molar-refractivity contribution is 7.91. The normalized spacial score (nSPS) is 29.9. The largest absolute Gasteiger partial charge is 0.352 e. The van der Waals surface area contributed by atoms with Crippen LogP contribution < -0.4 is 10.6 Å². The highest BCUT2D eigenvalue weighted by Gasteiger charge is 2.31. The fourth-order valence-corrected chi connectivity index (χ4v) is 3.60. The average molecular weight is 246 g/mol. The molecule has 0 aromatic rings. The van der Waals surface area contributed by atoms with Crippen LogP contribution in [-0.2, 0) is 14.6 Å². The lowest BCUT2D eigenvalue weighted by Crippen LogP contribution is -2.47. The lowest BCUT2D eigenvalue weighted by molar-refractivity contribution is -0.123. The van der Waals surface area contributed by atoms with E-state index >= 15 is 0 Å². The van der Waals surface area contributed by atoms with E-state index in [2.05, 4.69) is 10.6 Å². The lowest BCUT2D eigenvalue weighted by Gasteiger charge is -2.17. The van der Waals surface area contributed by atoms with Crippen molar-refractivity contribution in [2.75, 3.05) is 11.5 Å². The molecule has 92 valence electrons. The molecule has 2 unspecified atom stereocenters. The molecule has 0 spiro atoms. The summed E-state index contributed by atoms with van der Waals surface area (Å²) in [7, 11) is -2.87. The predicted octanol–water partition coefficient (Wildman–Crippen LogP) is -0.570. The molecule has 0 aromatic heterocycles. The van der Waals surface area contributed by atoms with Gasteiger partial charge < -0.3 is 10.6 Å². The Morgan fingerprint density at radius 3 is 2.44 bits per heavy atom. The third kappa shape index (κ3) is 3.18. The van der Waals surface area contributed by atoms with Gasteiger partial charge in [-0.1, -0.05) is 0 Å². The Labute approximate surface area is 95.9 Å². The maximum atomic E-state index is 11.6. The molecule has 2 N–H and O–H groups in total. The summed E-state index contributed by atoms with van der Waals surface area (Å²) in [5.41, 5.74) is 0. The number of sulfone groups is 1. The van der Waals surface area contributed by atoms with Crippen molar-refractivity contribution in [3.63, 3.8) is 0 Å². The van der Waals surface area contributed by atoms with Crippen LogP contribution in [0.4, 0.5) is 0 Å². The van der Waals surface area contributed by atoms with Crippen LogP contribution in [0, 0.1) is 0 Å². The molecule has 1 amide bonds. The minimum absolute atomic E-state index is 0.0215. The van der Waals surface area contributed by atoms with Crippen LogP contribution in [0.2, 0.25) is 0 Å². The molecule has 1 saturated carbocycles. The van der Waals surface area contributed by atoms with Gasteiger partial charge in [-0.15, -0.1) is 0 Å². The number of hydrogen-bond acceptors (Lipinski definition) is 4. The second-order valence-electron chi connectivity index (χ2n) is 4.77. The van der Waals surface area contributed by atoms with Crippen molar-refractivity contribution in [3.05, 3.63) is 0 Å². The van der Waals surface area contributed by atoms with Crippen molar-refractivity contribution in [2.45, 2.75) is 44.3 Å². The van der Waals surface area contributed by atoms with Gasteiger partial charge in [-0.25, -0.2) is 8.42 Å². The predicted molar refractivity (Wildman–Crippen MR) is 60.8 cm³/mol. The Balaban J connectivity index is 1.78.